The number of carbonyl (C=O) groups is 1. The Morgan fingerprint density at radius 1 is 0.500 bits per heavy atom. The molecule has 0 aromatic heterocycles. The van der Waals surface area contributed by atoms with Gasteiger partial charge < -0.3 is 0 Å². The minimum atomic E-state index is -2.27. The third kappa shape index (κ3) is 5.52. The largest absolute Gasteiger partial charge is 0.299 e. The first kappa shape index (κ1) is 32.9. The van der Waals surface area contributed by atoms with Gasteiger partial charge in [-0.1, -0.05) is 191 Å². The second-order valence-electron chi connectivity index (χ2n) is 16.6. The van der Waals surface area contributed by atoms with E-state index in [9.17, 15) is 4.79 Å². The number of ketones is 1. The van der Waals surface area contributed by atoms with Gasteiger partial charge in [0.2, 0.25) is 0 Å². The molecule has 4 aromatic rings. The van der Waals surface area contributed by atoms with Gasteiger partial charge in [-0.2, -0.15) is 0 Å². The lowest BCUT2D eigenvalue weighted by Gasteiger charge is -2.48. The number of hydrogen-bond acceptors (Lipinski definition) is 1. The molecular weight excluding hydrogens is 589 g/mol. The van der Waals surface area contributed by atoms with Crippen molar-refractivity contribution in [1.82, 2.24) is 0 Å². The van der Waals surface area contributed by atoms with Gasteiger partial charge >= 0.3 is 0 Å². The molecule has 2 fully saturated rings. The van der Waals surface area contributed by atoms with Gasteiger partial charge in [0.25, 0.3) is 0 Å². The molecule has 0 radical (unpaired) electrons. The lowest BCUT2D eigenvalue weighted by Crippen LogP contribution is -2.65. The lowest BCUT2D eigenvalue weighted by molar-refractivity contribution is -0.129. The molecule has 2 bridgehead atoms. The molecule has 4 aromatic carbocycles. The Morgan fingerprint density at radius 3 is 1.13 bits per heavy atom. The van der Waals surface area contributed by atoms with Crippen molar-refractivity contribution < 1.29 is 4.79 Å². The van der Waals surface area contributed by atoms with Gasteiger partial charge in [-0.3, -0.25) is 4.79 Å². The van der Waals surface area contributed by atoms with E-state index in [0.29, 0.717) is 23.5 Å². The van der Waals surface area contributed by atoms with E-state index in [1.807, 2.05) is 0 Å². The summed E-state index contributed by atoms with van der Waals surface area (Å²) in [4.78, 5) is 14.3. The van der Waals surface area contributed by atoms with Crippen LogP contribution < -0.4 is 20.7 Å². The van der Waals surface area contributed by atoms with Gasteiger partial charge in [0.15, 0.2) is 0 Å². The number of Topliss-reactive ketones (excluding diaryl/α,β-unsaturated/α-hetero) is 1. The molecule has 3 heteroatoms. The zero-order valence-corrected chi connectivity index (χ0v) is 31.2. The molecule has 0 heterocycles. The molecular formula is C43H54OSi2. The Bertz CT molecular complexity index is 1520. The highest BCUT2D eigenvalue weighted by molar-refractivity contribution is 7.05. The van der Waals surface area contributed by atoms with Gasteiger partial charge in [-0.05, 0) is 52.8 Å². The predicted octanol–water partition coefficient (Wildman–Crippen LogP) is 8.59. The van der Waals surface area contributed by atoms with E-state index in [2.05, 4.69) is 170 Å². The van der Waals surface area contributed by atoms with E-state index in [1.54, 1.807) is 0 Å². The van der Waals surface area contributed by atoms with Gasteiger partial charge in [0, 0.05) is 11.8 Å². The second kappa shape index (κ2) is 12.5. The summed E-state index contributed by atoms with van der Waals surface area (Å²) in [5, 5.41) is 6.33. The normalized spacial score (nSPS) is 23.8. The van der Waals surface area contributed by atoms with Crippen molar-refractivity contribution >= 4 is 42.7 Å². The topological polar surface area (TPSA) is 17.1 Å². The molecule has 2 aliphatic carbocycles. The van der Waals surface area contributed by atoms with Crippen molar-refractivity contribution in [3.05, 3.63) is 121 Å². The number of benzene rings is 4. The van der Waals surface area contributed by atoms with E-state index in [4.69, 9.17) is 0 Å². The number of carbonyl (C=O) groups excluding carboxylic acids is 1. The van der Waals surface area contributed by atoms with Crippen molar-refractivity contribution in [2.75, 3.05) is 0 Å². The van der Waals surface area contributed by atoms with E-state index < -0.39 is 16.1 Å². The molecule has 5 unspecified atom stereocenters. The van der Waals surface area contributed by atoms with E-state index in [1.165, 1.54) is 26.8 Å². The summed E-state index contributed by atoms with van der Waals surface area (Å²) < 4.78 is 0. The Balaban J connectivity index is 1.41. The van der Waals surface area contributed by atoms with Crippen LogP contribution in [0, 0.1) is 29.6 Å². The zero-order chi connectivity index (χ0) is 32.7. The van der Waals surface area contributed by atoms with Gasteiger partial charge in [0.05, 0.1) is 0 Å². The summed E-state index contributed by atoms with van der Waals surface area (Å²) in [7, 11) is -4.51. The summed E-state index contributed by atoms with van der Waals surface area (Å²) in [5.74, 6) is 2.33. The van der Waals surface area contributed by atoms with Crippen molar-refractivity contribution in [2.24, 2.45) is 29.6 Å². The lowest BCUT2D eigenvalue weighted by atomic mass is 9.73. The van der Waals surface area contributed by atoms with Crippen molar-refractivity contribution in [2.45, 2.75) is 83.5 Å². The first-order valence-electron chi connectivity index (χ1n) is 17.7. The standard InChI is InChI=1S/C43H54OSi2/c1-32-33(30-45(42(2,3)4,35-20-12-8-13-21-35)36-22-14-9-15-23-36)28-40-34(29-39(32)41(40)44)31-46(43(5,6)7,37-24-16-10-17-25-37)38-26-18-11-19-27-38/h8-27,32-34,39-40H,28-31H2,1-7H3. The van der Waals surface area contributed by atoms with E-state index in [-0.39, 0.29) is 21.9 Å². The molecule has 0 amide bonds. The fraction of sp³-hybridized carbons (Fsp3) is 0.419. The first-order chi connectivity index (χ1) is 21.9. The molecule has 46 heavy (non-hydrogen) atoms. The maximum atomic E-state index is 14.3. The van der Waals surface area contributed by atoms with Crippen LogP contribution in [0.4, 0.5) is 0 Å². The Labute approximate surface area is 280 Å². The average Bonchev–Trinajstić information content (AvgIpc) is 3.27. The van der Waals surface area contributed by atoms with Crippen LogP contribution in [0.3, 0.4) is 0 Å². The zero-order valence-electron chi connectivity index (χ0n) is 29.2. The molecule has 1 nitrogen and oxygen atoms in total. The van der Waals surface area contributed by atoms with Crippen LogP contribution in [0.1, 0.15) is 61.3 Å². The van der Waals surface area contributed by atoms with E-state index in [0.717, 1.165) is 18.9 Å². The number of rotatable bonds is 8. The number of fused-ring (bicyclic) bond motifs is 2. The van der Waals surface area contributed by atoms with Gasteiger partial charge in [-0.25, -0.2) is 0 Å². The minimum absolute atomic E-state index is 0.107. The van der Waals surface area contributed by atoms with Crippen LogP contribution in [0.15, 0.2) is 121 Å². The summed E-state index contributed by atoms with van der Waals surface area (Å²) in [5.41, 5.74) is 0. The average molecular weight is 643 g/mol. The highest BCUT2D eigenvalue weighted by atomic mass is 28.3. The number of hydrogen-bond donors (Lipinski definition) is 0. The fourth-order valence-electron chi connectivity index (χ4n) is 10.1. The quantitative estimate of drug-likeness (QED) is 0.176. The monoisotopic (exact) mass is 642 g/mol. The van der Waals surface area contributed by atoms with Crippen molar-refractivity contribution in [1.29, 1.82) is 0 Å². The highest BCUT2D eigenvalue weighted by Crippen LogP contribution is 2.56. The highest BCUT2D eigenvalue weighted by Gasteiger charge is 2.58. The van der Waals surface area contributed by atoms with Crippen molar-refractivity contribution in [3.63, 3.8) is 0 Å². The summed E-state index contributed by atoms with van der Waals surface area (Å²) in [6, 6.07) is 48.0. The Morgan fingerprint density at radius 2 is 0.804 bits per heavy atom. The third-order valence-corrected chi connectivity index (χ3v) is 25.2. The molecule has 2 saturated carbocycles. The first-order valence-corrected chi connectivity index (χ1v) is 22.1. The second-order valence-corrected chi connectivity index (χ2v) is 26.4. The van der Waals surface area contributed by atoms with Crippen LogP contribution in [-0.4, -0.2) is 21.9 Å². The molecule has 0 saturated heterocycles. The van der Waals surface area contributed by atoms with E-state index >= 15 is 0 Å². The van der Waals surface area contributed by atoms with Crippen LogP contribution in [-0.2, 0) is 4.79 Å². The van der Waals surface area contributed by atoms with Crippen LogP contribution in [0.25, 0.3) is 0 Å². The summed E-state index contributed by atoms with van der Waals surface area (Å²) >= 11 is 0. The smallest absolute Gasteiger partial charge is 0.139 e. The maximum absolute atomic E-state index is 14.3. The fourth-order valence-corrected chi connectivity index (χ4v) is 22.0. The minimum Gasteiger partial charge on any atom is -0.299 e. The van der Waals surface area contributed by atoms with Gasteiger partial charge in [0.1, 0.15) is 21.9 Å². The summed E-state index contributed by atoms with van der Waals surface area (Å²) in [6.07, 6.45) is 2.11. The summed E-state index contributed by atoms with van der Waals surface area (Å²) in [6.45, 7) is 17.3. The van der Waals surface area contributed by atoms with Crippen LogP contribution >= 0.6 is 0 Å². The molecule has 6 rings (SSSR count). The molecule has 0 spiro atoms. The Kier molecular flexibility index (Phi) is 8.97. The maximum Gasteiger partial charge on any atom is 0.139 e. The molecule has 2 aliphatic rings. The van der Waals surface area contributed by atoms with Crippen LogP contribution in [0.5, 0.6) is 0 Å². The van der Waals surface area contributed by atoms with Crippen LogP contribution in [0.2, 0.25) is 22.2 Å². The molecule has 0 aliphatic heterocycles. The van der Waals surface area contributed by atoms with Gasteiger partial charge in [-0.15, -0.1) is 0 Å². The molecule has 240 valence electrons. The third-order valence-electron chi connectivity index (χ3n) is 12.6. The predicted molar refractivity (Wildman–Crippen MR) is 202 cm³/mol. The Hall–Kier alpha value is -3.02. The van der Waals surface area contributed by atoms with Crippen molar-refractivity contribution in [3.8, 4) is 0 Å². The molecule has 5 atom stereocenters. The SMILES string of the molecule is CC1C(C[Si](c2ccccc2)(c2ccccc2)C(C)(C)C)CC2C(=O)C1CC2C[Si](c1ccccc1)(c1ccccc1)C(C)(C)C. The molecule has 0 N–H and O–H groups in total.